The Labute approximate surface area is 112 Å². The number of fused-ring (bicyclic) bond motifs is 1. The Morgan fingerprint density at radius 1 is 1.22 bits per heavy atom. The summed E-state index contributed by atoms with van der Waals surface area (Å²) in [5.74, 6) is 2.33. The van der Waals surface area contributed by atoms with E-state index in [4.69, 9.17) is 0 Å². The van der Waals surface area contributed by atoms with Crippen molar-refractivity contribution in [1.82, 2.24) is 10.2 Å². The van der Waals surface area contributed by atoms with E-state index in [0.717, 1.165) is 49.7 Å². The maximum Gasteiger partial charge on any atom is 0.253 e. The van der Waals surface area contributed by atoms with Crippen LogP contribution in [0.1, 0.15) is 21.5 Å². The number of carbonyl (C=O) groups is 1. The number of carbonyl (C=O) groups excluding carboxylic acids is 1. The van der Waals surface area contributed by atoms with Gasteiger partial charge in [0.1, 0.15) is 0 Å². The molecule has 0 unspecified atom stereocenters. The molecule has 1 N–H and O–H groups in total. The zero-order valence-corrected chi connectivity index (χ0v) is 11.3. The Morgan fingerprint density at radius 2 is 2.06 bits per heavy atom. The Balaban J connectivity index is 1.80. The summed E-state index contributed by atoms with van der Waals surface area (Å²) in [5.41, 5.74) is 3.53. The normalized spacial score (nSPS) is 19.4. The van der Waals surface area contributed by atoms with Crippen LogP contribution in [-0.2, 0) is 13.0 Å². The largest absolute Gasteiger partial charge is 0.337 e. The molecule has 1 aromatic carbocycles. The lowest BCUT2D eigenvalue weighted by atomic mass is 9.98. The number of hydrogen-bond donors (Lipinski definition) is 1. The van der Waals surface area contributed by atoms with E-state index in [9.17, 15) is 4.79 Å². The minimum Gasteiger partial charge on any atom is -0.337 e. The molecule has 3 rings (SSSR count). The van der Waals surface area contributed by atoms with E-state index in [1.807, 2.05) is 22.7 Å². The quantitative estimate of drug-likeness (QED) is 0.833. The van der Waals surface area contributed by atoms with E-state index in [2.05, 4.69) is 17.4 Å². The Bertz CT molecular complexity index is 455. The molecule has 4 heteroatoms. The Kier molecular flexibility index (Phi) is 3.57. The van der Waals surface area contributed by atoms with Gasteiger partial charge in [-0.1, -0.05) is 6.07 Å². The molecular formula is C14H18N2OS. The number of rotatable bonds is 1. The van der Waals surface area contributed by atoms with Gasteiger partial charge in [0.2, 0.25) is 0 Å². The summed E-state index contributed by atoms with van der Waals surface area (Å²) < 4.78 is 0. The molecule has 0 aromatic heterocycles. The Hall–Kier alpha value is -1.00. The first-order chi connectivity index (χ1) is 8.84. The molecule has 1 saturated heterocycles. The molecule has 2 heterocycles. The van der Waals surface area contributed by atoms with Crippen LogP contribution in [0.5, 0.6) is 0 Å². The summed E-state index contributed by atoms with van der Waals surface area (Å²) >= 11 is 1.93. The second kappa shape index (κ2) is 5.33. The van der Waals surface area contributed by atoms with Gasteiger partial charge in [-0.2, -0.15) is 11.8 Å². The lowest BCUT2D eigenvalue weighted by molar-refractivity contribution is 0.0772. The van der Waals surface area contributed by atoms with Gasteiger partial charge in [-0.3, -0.25) is 4.79 Å². The van der Waals surface area contributed by atoms with E-state index in [-0.39, 0.29) is 5.91 Å². The van der Waals surface area contributed by atoms with Crippen molar-refractivity contribution >= 4 is 17.7 Å². The topological polar surface area (TPSA) is 32.3 Å². The van der Waals surface area contributed by atoms with Crippen molar-refractivity contribution in [3.05, 3.63) is 34.9 Å². The third-order valence-corrected chi connectivity index (χ3v) is 4.58. The maximum absolute atomic E-state index is 12.4. The SMILES string of the molecule is O=C(c1ccc2c(c1)CNCC2)N1CCSCC1. The third-order valence-electron chi connectivity index (χ3n) is 3.64. The van der Waals surface area contributed by atoms with Crippen LogP contribution in [0.15, 0.2) is 18.2 Å². The van der Waals surface area contributed by atoms with E-state index < -0.39 is 0 Å². The highest BCUT2D eigenvalue weighted by molar-refractivity contribution is 7.99. The van der Waals surface area contributed by atoms with E-state index in [1.165, 1.54) is 11.1 Å². The predicted molar refractivity (Wildman–Crippen MR) is 75.1 cm³/mol. The fourth-order valence-corrected chi connectivity index (χ4v) is 3.47. The van der Waals surface area contributed by atoms with Gasteiger partial charge in [0, 0.05) is 36.7 Å². The molecule has 0 atom stereocenters. The number of amides is 1. The zero-order valence-electron chi connectivity index (χ0n) is 10.4. The average molecular weight is 262 g/mol. The van der Waals surface area contributed by atoms with Gasteiger partial charge in [-0.15, -0.1) is 0 Å². The number of thioether (sulfide) groups is 1. The fourth-order valence-electron chi connectivity index (χ4n) is 2.56. The molecule has 2 aliphatic heterocycles. The lowest BCUT2D eigenvalue weighted by Crippen LogP contribution is -2.38. The molecule has 1 amide bonds. The smallest absolute Gasteiger partial charge is 0.253 e. The second-order valence-electron chi connectivity index (χ2n) is 4.81. The molecule has 3 nitrogen and oxygen atoms in total. The molecular weight excluding hydrogens is 244 g/mol. The molecule has 1 aromatic rings. The first-order valence-electron chi connectivity index (χ1n) is 6.54. The van der Waals surface area contributed by atoms with Crippen molar-refractivity contribution in [3.8, 4) is 0 Å². The van der Waals surface area contributed by atoms with Crippen molar-refractivity contribution in [3.63, 3.8) is 0 Å². The molecule has 0 spiro atoms. The van der Waals surface area contributed by atoms with Gasteiger partial charge in [-0.05, 0) is 36.2 Å². The number of hydrogen-bond acceptors (Lipinski definition) is 3. The van der Waals surface area contributed by atoms with Gasteiger partial charge in [0.15, 0.2) is 0 Å². The standard InChI is InChI=1S/C14H18N2OS/c17-14(16-5-7-18-8-6-16)12-2-1-11-3-4-15-10-13(11)9-12/h1-2,9,15H,3-8,10H2. The van der Waals surface area contributed by atoms with Crippen LogP contribution >= 0.6 is 11.8 Å². The lowest BCUT2D eigenvalue weighted by Gasteiger charge is -2.27. The molecule has 96 valence electrons. The fraction of sp³-hybridized carbons (Fsp3) is 0.500. The number of nitrogens with one attached hydrogen (secondary N) is 1. The van der Waals surface area contributed by atoms with Crippen molar-refractivity contribution < 1.29 is 4.79 Å². The maximum atomic E-state index is 12.4. The first kappa shape index (κ1) is 12.1. The molecule has 1 fully saturated rings. The molecule has 0 aliphatic carbocycles. The van der Waals surface area contributed by atoms with Gasteiger partial charge >= 0.3 is 0 Å². The van der Waals surface area contributed by atoms with Crippen LogP contribution in [0, 0.1) is 0 Å². The number of benzene rings is 1. The highest BCUT2D eigenvalue weighted by Crippen LogP contribution is 2.18. The van der Waals surface area contributed by atoms with Crippen LogP contribution in [0.3, 0.4) is 0 Å². The average Bonchev–Trinajstić information content (AvgIpc) is 2.47. The molecule has 0 radical (unpaired) electrons. The third kappa shape index (κ3) is 2.40. The molecule has 18 heavy (non-hydrogen) atoms. The summed E-state index contributed by atoms with van der Waals surface area (Å²) in [6.07, 6.45) is 1.07. The predicted octanol–water partition coefficient (Wildman–Crippen LogP) is 1.52. The summed E-state index contributed by atoms with van der Waals surface area (Å²) in [7, 11) is 0. The van der Waals surface area contributed by atoms with Crippen LogP contribution in [0.2, 0.25) is 0 Å². The van der Waals surface area contributed by atoms with Gasteiger partial charge in [0.05, 0.1) is 0 Å². The molecule has 0 bridgehead atoms. The Morgan fingerprint density at radius 3 is 2.89 bits per heavy atom. The van der Waals surface area contributed by atoms with Crippen LogP contribution in [0.4, 0.5) is 0 Å². The van der Waals surface area contributed by atoms with Gasteiger partial charge in [0.25, 0.3) is 5.91 Å². The van der Waals surface area contributed by atoms with Crippen LogP contribution in [0.25, 0.3) is 0 Å². The van der Waals surface area contributed by atoms with Crippen molar-refractivity contribution in [2.75, 3.05) is 31.1 Å². The first-order valence-corrected chi connectivity index (χ1v) is 7.69. The van der Waals surface area contributed by atoms with Crippen molar-refractivity contribution in [1.29, 1.82) is 0 Å². The minimum atomic E-state index is 0.198. The van der Waals surface area contributed by atoms with E-state index in [1.54, 1.807) is 0 Å². The summed E-state index contributed by atoms with van der Waals surface area (Å²) in [5, 5.41) is 3.36. The van der Waals surface area contributed by atoms with Crippen molar-refractivity contribution in [2.24, 2.45) is 0 Å². The zero-order chi connectivity index (χ0) is 12.4. The number of nitrogens with zero attached hydrogens (tertiary/aromatic N) is 1. The van der Waals surface area contributed by atoms with Crippen molar-refractivity contribution in [2.45, 2.75) is 13.0 Å². The highest BCUT2D eigenvalue weighted by atomic mass is 32.2. The summed E-state index contributed by atoms with van der Waals surface area (Å²) in [4.78, 5) is 14.4. The summed E-state index contributed by atoms with van der Waals surface area (Å²) in [6, 6.07) is 6.20. The van der Waals surface area contributed by atoms with Crippen LogP contribution < -0.4 is 5.32 Å². The highest BCUT2D eigenvalue weighted by Gasteiger charge is 2.19. The van der Waals surface area contributed by atoms with E-state index >= 15 is 0 Å². The van der Waals surface area contributed by atoms with Crippen LogP contribution in [-0.4, -0.2) is 41.9 Å². The van der Waals surface area contributed by atoms with Gasteiger partial charge in [-0.25, -0.2) is 0 Å². The van der Waals surface area contributed by atoms with Gasteiger partial charge < -0.3 is 10.2 Å². The second-order valence-corrected chi connectivity index (χ2v) is 6.04. The molecule has 2 aliphatic rings. The monoisotopic (exact) mass is 262 g/mol. The summed E-state index contributed by atoms with van der Waals surface area (Å²) in [6.45, 7) is 3.72. The minimum absolute atomic E-state index is 0.198. The van der Waals surface area contributed by atoms with E-state index in [0.29, 0.717) is 0 Å². The molecule has 0 saturated carbocycles.